The van der Waals surface area contributed by atoms with Crippen molar-refractivity contribution in [2.45, 2.75) is 31.7 Å². The number of nitrogens with two attached hydrogens (primary N) is 1. The fourth-order valence-electron chi connectivity index (χ4n) is 2.94. The van der Waals surface area contributed by atoms with E-state index in [0.29, 0.717) is 24.5 Å². The van der Waals surface area contributed by atoms with E-state index in [1.807, 2.05) is 6.07 Å². The largest absolute Gasteiger partial charge is 0.396 e. The molecule has 1 saturated carbocycles. The Hall–Kier alpha value is -1.62. The summed E-state index contributed by atoms with van der Waals surface area (Å²) in [4.78, 5) is 8.43. The minimum atomic E-state index is 0.302. The van der Waals surface area contributed by atoms with Gasteiger partial charge in [-0.05, 0) is 37.7 Å². The van der Waals surface area contributed by atoms with Gasteiger partial charge in [0.1, 0.15) is 5.52 Å². The summed E-state index contributed by atoms with van der Waals surface area (Å²) in [7, 11) is 0. The Morgan fingerprint density at radius 2 is 2.11 bits per heavy atom. The molecule has 5 heteroatoms. The standard InChI is InChI=1S/C13H18N4O/c14-13-16-11-7-15-6-5-12(11)17(13)10-3-1-9(8-18)2-4-10/h5-7,9-10,18H,1-4,8H2,(H2,14,16). The lowest BCUT2D eigenvalue weighted by Gasteiger charge is -2.29. The van der Waals surface area contributed by atoms with Crippen LogP contribution in [0, 0.1) is 5.92 Å². The number of imidazole rings is 1. The zero-order chi connectivity index (χ0) is 12.5. The number of pyridine rings is 1. The summed E-state index contributed by atoms with van der Waals surface area (Å²) < 4.78 is 2.13. The molecule has 3 rings (SSSR count). The highest BCUT2D eigenvalue weighted by atomic mass is 16.3. The van der Waals surface area contributed by atoms with Crippen LogP contribution in [0.2, 0.25) is 0 Å². The van der Waals surface area contributed by atoms with Crippen molar-refractivity contribution >= 4 is 17.0 Å². The van der Waals surface area contributed by atoms with Crippen LogP contribution in [-0.2, 0) is 0 Å². The van der Waals surface area contributed by atoms with Crippen molar-refractivity contribution < 1.29 is 5.11 Å². The second kappa shape index (κ2) is 4.57. The van der Waals surface area contributed by atoms with Crippen LogP contribution < -0.4 is 5.73 Å². The van der Waals surface area contributed by atoms with Crippen LogP contribution in [0.5, 0.6) is 0 Å². The van der Waals surface area contributed by atoms with Crippen LogP contribution in [0.25, 0.3) is 11.0 Å². The molecule has 0 aromatic carbocycles. The Labute approximate surface area is 106 Å². The Balaban J connectivity index is 1.92. The maximum Gasteiger partial charge on any atom is 0.201 e. The van der Waals surface area contributed by atoms with E-state index in [0.717, 1.165) is 36.7 Å². The van der Waals surface area contributed by atoms with E-state index in [4.69, 9.17) is 5.73 Å². The second-order valence-corrected chi connectivity index (χ2v) is 5.06. The molecule has 2 aromatic rings. The Morgan fingerprint density at radius 1 is 1.33 bits per heavy atom. The van der Waals surface area contributed by atoms with Crippen molar-refractivity contribution in [1.29, 1.82) is 0 Å². The molecule has 0 unspecified atom stereocenters. The highest BCUT2D eigenvalue weighted by molar-refractivity contribution is 5.77. The first kappa shape index (κ1) is 11.5. The van der Waals surface area contributed by atoms with Crippen molar-refractivity contribution in [2.75, 3.05) is 12.3 Å². The molecule has 0 spiro atoms. The van der Waals surface area contributed by atoms with E-state index in [1.165, 1.54) is 0 Å². The van der Waals surface area contributed by atoms with Gasteiger partial charge in [0.05, 0.1) is 11.7 Å². The number of aromatic nitrogens is 3. The normalized spacial score (nSPS) is 24.5. The summed E-state index contributed by atoms with van der Waals surface area (Å²) >= 11 is 0. The van der Waals surface area contributed by atoms with Gasteiger partial charge in [-0.3, -0.25) is 4.98 Å². The van der Waals surface area contributed by atoms with Gasteiger partial charge < -0.3 is 15.4 Å². The monoisotopic (exact) mass is 246 g/mol. The molecule has 0 atom stereocenters. The summed E-state index contributed by atoms with van der Waals surface area (Å²) in [5.74, 6) is 1.03. The highest BCUT2D eigenvalue weighted by Crippen LogP contribution is 2.35. The van der Waals surface area contributed by atoms with Gasteiger partial charge in [-0.2, -0.15) is 0 Å². The third kappa shape index (κ3) is 1.84. The molecule has 1 aliphatic carbocycles. The van der Waals surface area contributed by atoms with E-state index in [-0.39, 0.29) is 0 Å². The van der Waals surface area contributed by atoms with Crippen molar-refractivity contribution in [3.8, 4) is 0 Å². The van der Waals surface area contributed by atoms with E-state index >= 15 is 0 Å². The van der Waals surface area contributed by atoms with Gasteiger partial charge >= 0.3 is 0 Å². The lowest BCUT2D eigenvalue weighted by atomic mass is 9.86. The summed E-state index contributed by atoms with van der Waals surface area (Å²) in [5, 5.41) is 9.18. The summed E-state index contributed by atoms with van der Waals surface area (Å²) in [6.07, 6.45) is 7.77. The number of fused-ring (bicyclic) bond motifs is 1. The van der Waals surface area contributed by atoms with Crippen molar-refractivity contribution in [1.82, 2.24) is 14.5 Å². The molecule has 18 heavy (non-hydrogen) atoms. The number of anilines is 1. The predicted molar refractivity (Wildman–Crippen MR) is 70.0 cm³/mol. The maximum absolute atomic E-state index is 9.18. The molecule has 2 heterocycles. The highest BCUT2D eigenvalue weighted by Gasteiger charge is 2.24. The van der Waals surface area contributed by atoms with Gasteiger partial charge in [-0.15, -0.1) is 0 Å². The predicted octanol–water partition coefficient (Wildman–Crippen LogP) is 1.74. The molecular formula is C13H18N4O. The molecule has 0 aliphatic heterocycles. The number of hydrogen-bond acceptors (Lipinski definition) is 4. The van der Waals surface area contributed by atoms with Gasteiger partial charge in [-0.25, -0.2) is 4.98 Å². The van der Waals surface area contributed by atoms with Crippen LogP contribution in [0.4, 0.5) is 5.95 Å². The van der Waals surface area contributed by atoms with Gasteiger partial charge in [0.2, 0.25) is 5.95 Å². The Kier molecular flexibility index (Phi) is 2.91. The minimum absolute atomic E-state index is 0.302. The lowest BCUT2D eigenvalue weighted by molar-refractivity contribution is 0.170. The summed E-state index contributed by atoms with van der Waals surface area (Å²) in [6.45, 7) is 0.302. The quantitative estimate of drug-likeness (QED) is 0.846. The number of aliphatic hydroxyl groups excluding tert-OH is 1. The molecule has 0 amide bonds. The summed E-state index contributed by atoms with van der Waals surface area (Å²) in [5.41, 5.74) is 7.95. The molecule has 1 fully saturated rings. The van der Waals surface area contributed by atoms with Crippen LogP contribution in [0.1, 0.15) is 31.7 Å². The van der Waals surface area contributed by atoms with Crippen LogP contribution in [0.15, 0.2) is 18.5 Å². The molecule has 3 N–H and O–H groups in total. The van der Waals surface area contributed by atoms with Crippen LogP contribution >= 0.6 is 0 Å². The molecular weight excluding hydrogens is 228 g/mol. The average molecular weight is 246 g/mol. The number of nitrogen functional groups attached to an aromatic ring is 1. The maximum atomic E-state index is 9.18. The van der Waals surface area contributed by atoms with E-state index < -0.39 is 0 Å². The SMILES string of the molecule is Nc1nc2cnccc2n1C1CCC(CO)CC1. The van der Waals surface area contributed by atoms with E-state index in [9.17, 15) is 5.11 Å². The van der Waals surface area contributed by atoms with Crippen molar-refractivity contribution in [3.05, 3.63) is 18.5 Å². The van der Waals surface area contributed by atoms with Crippen LogP contribution in [-0.4, -0.2) is 26.2 Å². The smallest absolute Gasteiger partial charge is 0.201 e. The zero-order valence-corrected chi connectivity index (χ0v) is 10.3. The first-order valence-corrected chi connectivity index (χ1v) is 6.48. The molecule has 0 saturated heterocycles. The number of rotatable bonds is 2. The van der Waals surface area contributed by atoms with Gasteiger partial charge in [0.15, 0.2) is 0 Å². The first-order chi connectivity index (χ1) is 8.79. The van der Waals surface area contributed by atoms with Gasteiger partial charge in [-0.1, -0.05) is 0 Å². The van der Waals surface area contributed by atoms with E-state index in [2.05, 4.69) is 14.5 Å². The fraction of sp³-hybridized carbons (Fsp3) is 0.538. The molecule has 0 bridgehead atoms. The number of nitrogens with zero attached hydrogens (tertiary/aromatic N) is 3. The fourth-order valence-corrected chi connectivity index (χ4v) is 2.94. The molecule has 2 aromatic heterocycles. The summed E-state index contributed by atoms with van der Waals surface area (Å²) in [6, 6.07) is 2.37. The zero-order valence-electron chi connectivity index (χ0n) is 10.3. The molecule has 5 nitrogen and oxygen atoms in total. The Bertz CT molecular complexity index is 543. The third-order valence-electron chi connectivity index (χ3n) is 3.96. The lowest BCUT2D eigenvalue weighted by Crippen LogP contribution is -2.21. The van der Waals surface area contributed by atoms with Crippen LogP contribution in [0.3, 0.4) is 0 Å². The molecule has 96 valence electrons. The average Bonchev–Trinajstić information content (AvgIpc) is 2.75. The molecule has 1 aliphatic rings. The Morgan fingerprint density at radius 3 is 2.83 bits per heavy atom. The van der Waals surface area contributed by atoms with Gasteiger partial charge in [0, 0.05) is 18.8 Å². The minimum Gasteiger partial charge on any atom is -0.396 e. The van der Waals surface area contributed by atoms with Crippen molar-refractivity contribution in [3.63, 3.8) is 0 Å². The molecule has 0 radical (unpaired) electrons. The van der Waals surface area contributed by atoms with Crippen molar-refractivity contribution in [2.24, 2.45) is 5.92 Å². The topological polar surface area (TPSA) is 77.0 Å². The number of hydrogen-bond donors (Lipinski definition) is 2. The van der Waals surface area contributed by atoms with Gasteiger partial charge in [0.25, 0.3) is 0 Å². The number of aliphatic hydroxyl groups is 1. The first-order valence-electron chi connectivity index (χ1n) is 6.48. The third-order valence-corrected chi connectivity index (χ3v) is 3.96. The van der Waals surface area contributed by atoms with E-state index in [1.54, 1.807) is 12.4 Å². The second-order valence-electron chi connectivity index (χ2n) is 5.06.